The molecule has 1 aromatic heterocycles. The molecule has 1 unspecified atom stereocenters. The fourth-order valence-corrected chi connectivity index (χ4v) is 2.82. The van der Waals surface area contributed by atoms with E-state index in [-0.39, 0.29) is 5.82 Å². The zero-order valence-electron chi connectivity index (χ0n) is 9.40. The molecule has 0 saturated heterocycles. The lowest BCUT2D eigenvalue weighted by atomic mass is 9.95. The summed E-state index contributed by atoms with van der Waals surface area (Å²) >= 11 is 7.68. The molecule has 1 atom stereocenters. The molecule has 0 radical (unpaired) electrons. The lowest BCUT2D eigenvalue weighted by Crippen LogP contribution is -2.09. The van der Waals surface area contributed by atoms with Gasteiger partial charge in [0.2, 0.25) is 0 Å². The quantitative estimate of drug-likeness (QED) is 0.699. The SMILES string of the molecule is Fc1cccc(CC(CCl)Cc2ccsc2)c1. The summed E-state index contributed by atoms with van der Waals surface area (Å²) in [5.74, 6) is 0.797. The van der Waals surface area contributed by atoms with Gasteiger partial charge in [-0.2, -0.15) is 11.3 Å². The molecule has 17 heavy (non-hydrogen) atoms. The average Bonchev–Trinajstić information content (AvgIpc) is 2.81. The van der Waals surface area contributed by atoms with Crippen LogP contribution in [0.4, 0.5) is 4.39 Å². The van der Waals surface area contributed by atoms with Crippen LogP contribution in [-0.4, -0.2) is 5.88 Å². The van der Waals surface area contributed by atoms with E-state index in [0.717, 1.165) is 18.4 Å². The fraction of sp³-hybridized carbons (Fsp3) is 0.286. The predicted molar refractivity (Wildman–Crippen MR) is 72.3 cm³/mol. The molecular formula is C14H14ClFS. The Morgan fingerprint density at radius 2 is 2.00 bits per heavy atom. The van der Waals surface area contributed by atoms with Crippen LogP contribution < -0.4 is 0 Å². The molecule has 90 valence electrons. The molecule has 0 N–H and O–H groups in total. The monoisotopic (exact) mass is 268 g/mol. The summed E-state index contributed by atoms with van der Waals surface area (Å²) in [5, 5.41) is 4.22. The van der Waals surface area contributed by atoms with Gasteiger partial charge in [-0.3, -0.25) is 0 Å². The minimum Gasteiger partial charge on any atom is -0.207 e. The fourth-order valence-electron chi connectivity index (χ4n) is 1.92. The van der Waals surface area contributed by atoms with E-state index < -0.39 is 0 Å². The predicted octanol–water partition coefficient (Wildman–Crippen LogP) is 4.53. The topological polar surface area (TPSA) is 0 Å². The summed E-state index contributed by atoms with van der Waals surface area (Å²) < 4.78 is 13.1. The van der Waals surface area contributed by atoms with Gasteiger partial charge in [0.25, 0.3) is 0 Å². The van der Waals surface area contributed by atoms with E-state index in [1.807, 2.05) is 6.07 Å². The molecule has 0 aliphatic rings. The number of rotatable bonds is 5. The van der Waals surface area contributed by atoms with E-state index >= 15 is 0 Å². The van der Waals surface area contributed by atoms with Crippen LogP contribution in [0.1, 0.15) is 11.1 Å². The van der Waals surface area contributed by atoms with Gasteiger partial charge in [-0.1, -0.05) is 12.1 Å². The van der Waals surface area contributed by atoms with Gasteiger partial charge in [-0.25, -0.2) is 4.39 Å². The van der Waals surface area contributed by atoms with Crippen molar-refractivity contribution in [3.05, 3.63) is 58.0 Å². The summed E-state index contributed by atoms with van der Waals surface area (Å²) in [6.07, 6.45) is 1.79. The highest BCUT2D eigenvalue weighted by Crippen LogP contribution is 2.18. The number of hydrogen-bond donors (Lipinski definition) is 0. The maximum atomic E-state index is 13.1. The van der Waals surface area contributed by atoms with Crippen molar-refractivity contribution in [2.45, 2.75) is 12.8 Å². The van der Waals surface area contributed by atoms with Crippen LogP contribution in [0.25, 0.3) is 0 Å². The van der Waals surface area contributed by atoms with E-state index in [1.165, 1.54) is 11.6 Å². The Hall–Kier alpha value is -0.860. The van der Waals surface area contributed by atoms with Crippen molar-refractivity contribution in [1.82, 2.24) is 0 Å². The van der Waals surface area contributed by atoms with Gasteiger partial charge in [0.1, 0.15) is 5.82 Å². The second-order valence-electron chi connectivity index (χ2n) is 4.19. The Labute approximate surface area is 110 Å². The van der Waals surface area contributed by atoms with Crippen molar-refractivity contribution in [1.29, 1.82) is 0 Å². The second-order valence-corrected chi connectivity index (χ2v) is 5.28. The summed E-state index contributed by atoms with van der Waals surface area (Å²) in [5.41, 5.74) is 2.34. The number of benzene rings is 1. The molecule has 0 bridgehead atoms. The average molecular weight is 269 g/mol. The lowest BCUT2D eigenvalue weighted by Gasteiger charge is -2.13. The van der Waals surface area contributed by atoms with Crippen molar-refractivity contribution < 1.29 is 4.39 Å². The first-order chi connectivity index (χ1) is 8.28. The summed E-state index contributed by atoms with van der Waals surface area (Å²) in [6.45, 7) is 0. The number of thiophene rings is 1. The molecule has 0 aliphatic carbocycles. The highest BCUT2D eigenvalue weighted by atomic mass is 35.5. The second kappa shape index (κ2) is 6.18. The Morgan fingerprint density at radius 3 is 2.65 bits per heavy atom. The zero-order chi connectivity index (χ0) is 12.1. The zero-order valence-corrected chi connectivity index (χ0v) is 11.0. The third kappa shape index (κ3) is 3.83. The van der Waals surface area contributed by atoms with E-state index in [9.17, 15) is 4.39 Å². The van der Waals surface area contributed by atoms with E-state index in [1.54, 1.807) is 23.5 Å². The summed E-state index contributed by atoms with van der Waals surface area (Å²) in [4.78, 5) is 0. The highest BCUT2D eigenvalue weighted by molar-refractivity contribution is 7.07. The molecule has 0 fully saturated rings. The van der Waals surface area contributed by atoms with Gasteiger partial charge in [0.05, 0.1) is 0 Å². The molecule has 3 heteroatoms. The van der Waals surface area contributed by atoms with Crippen LogP contribution >= 0.6 is 22.9 Å². The number of halogens is 2. The molecule has 2 rings (SSSR count). The third-order valence-corrected chi connectivity index (χ3v) is 3.90. The van der Waals surface area contributed by atoms with Crippen LogP contribution in [0.5, 0.6) is 0 Å². The van der Waals surface area contributed by atoms with Gasteiger partial charge in [0.15, 0.2) is 0 Å². The molecule has 0 amide bonds. The normalized spacial score (nSPS) is 12.6. The van der Waals surface area contributed by atoms with Crippen LogP contribution in [0, 0.1) is 11.7 Å². The van der Waals surface area contributed by atoms with Crippen LogP contribution in [0.3, 0.4) is 0 Å². The molecule has 0 spiro atoms. The van der Waals surface area contributed by atoms with Crippen LogP contribution in [-0.2, 0) is 12.8 Å². The van der Waals surface area contributed by atoms with Gasteiger partial charge < -0.3 is 0 Å². The van der Waals surface area contributed by atoms with Crippen molar-refractivity contribution >= 4 is 22.9 Å². The van der Waals surface area contributed by atoms with E-state index in [2.05, 4.69) is 16.8 Å². The van der Waals surface area contributed by atoms with E-state index in [4.69, 9.17) is 11.6 Å². The molecule has 0 aliphatic heterocycles. The third-order valence-electron chi connectivity index (χ3n) is 2.74. The highest BCUT2D eigenvalue weighted by Gasteiger charge is 2.10. The minimum atomic E-state index is -0.175. The van der Waals surface area contributed by atoms with Crippen molar-refractivity contribution in [3.8, 4) is 0 Å². The van der Waals surface area contributed by atoms with E-state index in [0.29, 0.717) is 11.8 Å². The lowest BCUT2D eigenvalue weighted by molar-refractivity contribution is 0.577. The van der Waals surface area contributed by atoms with Crippen LogP contribution in [0.15, 0.2) is 41.1 Å². The van der Waals surface area contributed by atoms with Crippen molar-refractivity contribution in [3.63, 3.8) is 0 Å². The minimum absolute atomic E-state index is 0.175. The Morgan fingerprint density at radius 1 is 1.18 bits per heavy atom. The molecule has 0 saturated carbocycles. The Kier molecular flexibility index (Phi) is 4.57. The molecule has 2 aromatic rings. The molecule has 1 aromatic carbocycles. The largest absolute Gasteiger partial charge is 0.207 e. The Balaban J connectivity index is 2.00. The smallest absolute Gasteiger partial charge is 0.123 e. The van der Waals surface area contributed by atoms with Gasteiger partial charge >= 0.3 is 0 Å². The standard InChI is InChI=1S/C14H14ClFS/c15-9-13(7-12-4-5-17-10-12)6-11-2-1-3-14(16)8-11/h1-5,8,10,13H,6-7,9H2. The first-order valence-electron chi connectivity index (χ1n) is 5.59. The van der Waals surface area contributed by atoms with Crippen LogP contribution in [0.2, 0.25) is 0 Å². The number of hydrogen-bond acceptors (Lipinski definition) is 1. The van der Waals surface area contributed by atoms with Crippen molar-refractivity contribution in [2.24, 2.45) is 5.92 Å². The van der Waals surface area contributed by atoms with Gasteiger partial charge in [-0.05, 0) is 58.8 Å². The maximum Gasteiger partial charge on any atom is 0.123 e. The number of alkyl halides is 1. The first kappa shape index (κ1) is 12.6. The van der Waals surface area contributed by atoms with Crippen molar-refractivity contribution in [2.75, 3.05) is 5.88 Å². The first-order valence-corrected chi connectivity index (χ1v) is 7.07. The van der Waals surface area contributed by atoms with Gasteiger partial charge in [0, 0.05) is 5.88 Å². The summed E-state index contributed by atoms with van der Waals surface area (Å²) in [6, 6.07) is 8.89. The Bertz CT molecular complexity index is 453. The molecule has 1 heterocycles. The molecule has 0 nitrogen and oxygen atoms in total. The molecular weight excluding hydrogens is 255 g/mol. The van der Waals surface area contributed by atoms with Gasteiger partial charge in [-0.15, -0.1) is 11.6 Å². The summed E-state index contributed by atoms with van der Waals surface area (Å²) in [7, 11) is 0. The maximum absolute atomic E-state index is 13.1.